The van der Waals surface area contributed by atoms with Crippen molar-refractivity contribution in [3.8, 4) is 5.75 Å². The van der Waals surface area contributed by atoms with Crippen molar-refractivity contribution in [2.45, 2.75) is 26.4 Å². The molecule has 1 amide bonds. The number of nitrogens with one attached hydrogen (secondary N) is 1. The fraction of sp³-hybridized carbons (Fsp3) is 0.240. The second-order valence-electron chi connectivity index (χ2n) is 7.41. The lowest BCUT2D eigenvalue weighted by Crippen LogP contribution is -2.34. The second-order valence-corrected chi connectivity index (χ2v) is 7.41. The highest BCUT2D eigenvalue weighted by molar-refractivity contribution is 5.96. The van der Waals surface area contributed by atoms with E-state index in [2.05, 4.69) is 41.4 Å². The number of methoxy groups -OCH3 is 1. The van der Waals surface area contributed by atoms with Crippen LogP contribution in [0.3, 0.4) is 0 Å². The molecular weight excluding hydrogens is 360 g/mol. The van der Waals surface area contributed by atoms with Gasteiger partial charge in [0.25, 0.3) is 0 Å². The number of anilines is 1. The third kappa shape index (κ3) is 5.24. The summed E-state index contributed by atoms with van der Waals surface area (Å²) in [5.41, 5.74) is 5.08. The number of aryl methyl sites for hydroxylation is 2. The molecule has 0 spiro atoms. The zero-order valence-corrected chi connectivity index (χ0v) is 17.5. The molecule has 0 aliphatic carbocycles. The van der Waals surface area contributed by atoms with Gasteiger partial charge in [0.1, 0.15) is 11.8 Å². The van der Waals surface area contributed by atoms with Crippen LogP contribution in [0.2, 0.25) is 0 Å². The van der Waals surface area contributed by atoms with E-state index in [-0.39, 0.29) is 5.91 Å². The first-order valence-corrected chi connectivity index (χ1v) is 9.74. The van der Waals surface area contributed by atoms with E-state index >= 15 is 0 Å². The number of ether oxygens (including phenoxy) is 1. The zero-order valence-electron chi connectivity index (χ0n) is 17.5. The summed E-state index contributed by atoms with van der Waals surface area (Å²) in [6.45, 7) is 4.73. The van der Waals surface area contributed by atoms with Gasteiger partial charge in [-0.3, -0.25) is 9.69 Å². The van der Waals surface area contributed by atoms with Crippen LogP contribution in [0.4, 0.5) is 5.69 Å². The van der Waals surface area contributed by atoms with E-state index in [9.17, 15) is 4.79 Å². The van der Waals surface area contributed by atoms with Gasteiger partial charge < -0.3 is 10.1 Å². The Morgan fingerprint density at radius 3 is 2.28 bits per heavy atom. The number of carbonyl (C=O) groups excluding carboxylic acids is 1. The van der Waals surface area contributed by atoms with Crippen molar-refractivity contribution in [1.82, 2.24) is 4.90 Å². The third-order valence-electron chi connectivity index (χ3n) is 4.97. The highest BCUT2D eigenvalue weighted by Gasteiger charge is 2.26. The molecular formula is C25H28N2O2. The summed E-state index contributed by atoms with van der Waals surface area (Å²) in [6, 6.07) is 23.6. The number of nitrogens with zero attached hydrogens (tertiary/aromatic N) is 1. The van der Waals surface area contributed by atoms with Crippen LogP contribution in [0.1, 0.15) is 28.3 Å². The Morgan fingerprint density at radius 1 is 0.966 bits per heavy atom. The van der Waals surface area contributed by atoms with Crippen LogP contribution in [0.5, 0.6) is 5.75 Å². The average Bonchev–Trinajstić information content (AvgIpc) is 2.71. The summed E-state index contributed by atoms with van der Waals surface area (Å²) in [5, 5.41) is 3.07. The summed E-state index contributed by atoms with van der Waals surface area (Å²) in [4.78, 5) is 15.4. The molecule has 150 valence electrons. The maximum atomic E-state index is 13.4. The minimum Gasteiger partial charge on any atom is -0.495 e. The molecule has 1 atom stereocenters. The molecule has 29 heavy (non-hydrogen) atoms. The summed E-state index contributed by atoms with van der Waals surface area (Å²) < 4.78 is 5.43. The van der Waals surface area contributed by atoms with Gasteiger partial charge >= 0.3 is 0 Å². The van der Waals surface area contributed by atoms with Crippen LogP contribution in [0.25, 0.3) is 0 Å². The summed E-state index contributed by atoms with van der Waals surface area (Å²) >= 11 is 0. The van der Waals surface area contributed by atoms with E-state index in [1.54, 1.807) is 7.11 Å². The monoisotopic (exact) mass is 388 g/mol. The van der Waals surface area contributed by atoms with Gasteiger partial charge in [-0.1, -0.05) is 66.2 Å². The SMILES string of the molecule is COc1ccc(C)cc1NC(=O)[C@@H](c1ccccc1)N(C)Cc1ccc(C)cc1. The second kappa shape index (κ2) is 9.39. The normalized spacial score (nSPS) is 11.9. The van der Waals surface area contributed by atoms with Crippen molar-refractivity contribution in [3.05, 3.63) is 95.1 Å². The Hall–Kier alpha value is -3.11. The van der Waals surface area contributed by atoms with Crippen LogP contribution in [-0.4, -0.2) is 25.0 Å². The van der Waals surface area contributed by atoms with Crippen LogP contribution in [-0.2, 0) is 11.3 Å². The molecule has 3 aromatic rings. The van der Waals surface area contributed by atoms with Crippen molar-refractivity contribution in [2.24, 2.45) is 0 Å². The molecule has 0 aliphatic rings. The number of amides is 1. The first-order chi connectivity index (χ1) is 14.0. The number of hydrogen-bond donors (Lipinski definition) is 1. The molecule has 3 aromatic carbocycles. The van der Waals surface area contributed by atoms with E-state index in [1.807, 2.05) is 62.5 Å². The maximum absolute atomic E-state index is 13.4. The Bertz CT molecular complexity index is 952. The molecule has 0 bridgehead atoms. The number of hydrogen-bond acceptors (Lipinski definition) is 3. The van der Waals surface area contributed by atoms with Crippen LogP contribution < -0.4 is 10.1 Å². The van der Waals surface area contributed by atoms with Crippen LogP contribution in [0.15, 0.2) is 72.8 Å². The Morgan fingerprint density at radius 2 is 1.62 bits per heavy atom. The van der Waals surface area contributed by atoms with Gasteiger partial charge in [-0.2, -0.15) is 0 Å². The maximum Gasteiger partial charge on any atom is 0.246 e. The summed E-state index contributed by atoms with van der Waals surface area (Å²) in [6.07, 6.45) is 0. The van der Waals surface area contributed by atoms with E-state index in [0.717, 1.165) is 11.1 Å². The minimum atomic E-state index is -0.428. The van der Waals surface area contributed by atoms with E-state index < -0.39 is 6.04 Å². The highest BCUT2D eigenvalue weighted by atomic mass is 16.5. The van der Waals surface area contributed by atoms with Gasteiger partial charge in [0.15, 0.2) is 0 Å². The Kier molecular flexibility index (Phi) is 6.68. The molecule has 3 rings (SSSR count). The van der Waals surface area contributed by atoms with Crippen LogP contribution in [0, 0.1) is 13.8 Å². The van der Waals surface area contributed by atoms with Gasteiger partial charge in [0, 0.05) is 6.54 Å². The molecule has 4 heteroatoms. The van der Waals surface area contributed by atoms with Crippen molar-refractivity contribution >= 4 is 11.6 Å². The lowest BCUT2D eigenvalue weighted by molar-refractivity contribution is -0.121. The number of benzene rings is 3. The molecule has 0 saturated heterocycles. The zero-order chi connectivity index (χ0) is 20.8. The van der Waals surface area contributed by atoms with Gasteiger partial charge in [-0.25, -0.2) is 0 Å². The first kappa shape index (κ1) is 20.6. The lowest BCUT2D eigenvalue weighted by Gasteiger charge is -2.28. The molecule has 0 aromatic heterocycles. The smallest absolute Gasteiger partial charge is 0.246 e. The minimum absolute atomic E-state index is 0.0882. The van der Waals surface area contributed by atoms with Gasteiger partial charge in [-0.15, -0.1) is 0 Å². The van der Waals surface area contributed by atoms with E-state index in [0.29, 0.717) is 18.0 Å². The Balaban J connectivity index is 1.88. The fourth-order valence-corrected chi connectivity index (χ4v) is 3.43. The molecule has 1 N–H and O–H groups in total. The highest BCUT2D eigenvalue weighted by Crippen LogP contribution is 2.28. The van der Waals surface area contributed by atoms with Crippen molar-refractivity contribution < 1.29 is 9.53 Å². The quantitative estimate of drug-likeness (QED) is 0.610. The van der Waals surface area contributed by atoms with Gasteiger partial charge in [0.05, 0.1) is 12.8 Å². The lowest BCUT2D eigenvalue weighted by atomic mass is 10.0. The topological polar surface area (TPSA) is 41.6 Å². The van der Waals surface area contributed by atoms with Crippen molar-refractivity contribution in [1.29, 1.82) is 0 Å². The molecule has 0 aliphatic heterocycles. The van der Waals surface area contributed by atoms with Gasteiger partial charge in [-0.05, 0) is 49.7 Å². The van der Waals surface area contributed by atoms with Gasteiger partial charge in [0.2, 0.25) is 5.91 Å². The van der Waals surface area contributed by atoms with E-state index in [1.165, 1.54) is 11.1 Å². The molecule has 0 saturated carbocycles. The molecule has 0 unspecified atom stereocenters. The molecule has 0 radical (unpaired) electrons. The van der Waals surface area contributed by atoms with E-state index in [4.69, 9.17) is 4.74 Å². The first-order valence-electron chi connectivity index (χ1n) is 9.74. The summed E-state index contributed by atoms with van der Waals surface area (Å²) in [7, 11) is 3.59. The Labute approximate surface area is 173 Å². The third-order valence-corrected chi connectivity index (χ3v) is 4.97. The standard InChI is InChI=1S/C25H28N2O2/c1-18-10-13-20(14-11-18)17-27(3)24(21-8-6-5-7-9-21)25(28)26-22-16-19(2)12-15-23(22)29-4/h5-16,24H,17H2,1-4H3,(H,26,28)/t24-/m1/s1. The molecule has 0 heterocycles. The van der Waals surface area contributed by atoms with Crippen LogP contribution >= 0.6 is 0 Å². The predicted molar refractivity (Wildman–Crippen MR) is 118 cm³/mol. The number of likely N-dealkylation sites (N-methyl/N-ethyl adjacent to an activating group) is 1. The molecule has 4 nitrogen and oxygen atoms in total. The number of rotatable bonds is 7. The fourth-order valence-electron chi connectivity index (χ4n) is 3.43. The largest absolute Gasteiger partial charge is 0.495 e. The van der Waals surface area contributed by atoms with Crippen molar-refractivity contribution in [3.63, 3.8) is 0 Å². The molecule has 0 fully saturated rings. The predicted octanol–water partition coefficient (Wildman–Crippen LogP) is 5.12. The summed E-state index contributed by atoms with van der Waals surface area (Å²) in [5.74, 6) is 0.562. The van der Waals surface area contributed by atoms with Crippen molar-refractivity contribution in [2.75, 3.05) is 19.5 Å². The number of carbonyl (C=O) groups is 1. The average molecular weight is 389 g/mol.